The van der Waals surface area contributed by atoms with Crippen LogP contribution in [0.2, 0.25) is 0 Å². The van der Waals surface area contributed by atoms with Crippen LogP contribution < -0.4 is 4.72 Å². The quantitative estimate of drug-likeness (QED) is 0.435. The molecule has 0 radical (unpaired) electrons. The molecule has 172 valence electrons. The number of aliphatic imine (C=N–C) groups is 2. The van der Waals surface area contributed by atoms with Gasteiger partial charge in [-0.1, -0.05) is 11.6 Å². The number of amidine groups is 1. The number of aromatic nitrogens is 3. The lowest BCUT2D eigenvalue weighted by atomic mass is 10.1. The van der Waals surface area contributed by atoms with Crippen molar-refractivity contribution in [3.63, 3.8) is 0 Å². The number of allylic oxidation sites excluding steroid dienone is 1. The number of nitrogens with zero attached hydrogens (tertiary/aromatic N) is 5. The van der Waals surface area contributed by atoms with E-state index in [1.165, 1.54) is 20.2 Å². The minimum Gasteiger partial charge on any atom is -0.381 e. The van der Waals surface area contributed by atoms with Gasteiger partial charge >= 0.3 is 0 Å². The average molecular weight is 473 g/mol. The zero-order chi connectivity index (χ0) is 22.8. The van der Waals surface area contributed by atoms with Crippen LogP contribution in [0.5, 0.6) is 0 Å². The molecule has 1 saturated heterocycles. The van der Waals surface area contributed by atoms with Gasteiger partial charge in [0.25, 0.3) is 0 Å². The van der Waals surface area contributed by atoms with Gasteiger partial charge in [-0.2, -0.15) is 0 Å². The van der Waals surface area contributed by atoms with Gasteiger partial charge in [0.1, 0.15) is 17.2 Å². The van der Waals surface area contributed by atoms with Crippen LogP contribution in [0.1, 0.15) is 51.8 Å². The number of hydrogen-bond acceptors (Lipinski definition) is 7. The second-order valence-corrected chi connectivity index (χ2v) is 10.8. The standard InChI is InChI=1S/C19H29ClN6O4S/c1-12(20)10-22-16(21-4)15(29-5)13(2)31(27,28)25-18-24-23-17(14-6-9-30-11-14)26(18)19(3)7-8-19/h10,13-15H,4,6-9,11H2,1-3,5H3,(H,24,25)/b12-10+,22-16?/t13-,14+,15-/m0/s1. The van der Waals surface area contributed by atoms with Crippen LogP contribution in [0.4, 0.5) is 5.95 Å². The van der Waals surface area contributed by atoms with E-state index in [2.05, 4.69) is 38.5 Å². The van der Waals surface area contributed by atoms with Crippen LogP contribution in [-0.4, -0.2) is 67.4 Å². The van der Waals surface area contributed by atoms with Crippen molar-refractivity contribution in [3.05, 3.63) is 17.1 Å². The van der Waals surface area contributed by atoms with Gasteiger partial charge in [-0.15, -0.1) is 10.2 Å². The Morgan fingerprint density at radius 3 is 2.71 bits per heavy atom. The summed E-state index contributed by atoms with van der Waals surface area (Å²) in [5, 5.41) is 7.87. The second-order valence-electron chi connectivity index (χ2n) is 8.14. The van der Waals surface area contributed by atoms with Gasteiger partial charge < -0.3 is 9.47 Å². The number of methoxy groups -OCH3 is 1. The van der Waals surface area contributed by atoms with Crippen molar-refractivity contribution in [2.24, 2.45) is 9.98 Å². The summed E-state index contributed by atoms with van der Waals surface area (Å²) in [6, 6.07) is 0. The lowest BCUT2D eigenvalue weighted by Crippen LogP contribution is -2.41. The Bertz CT molecular complexity index is 976. The van der Waals surface area contributed by atoms with Crippen LogP contribution >= 0.6 is 11.6 Å². The summed E-state index contributed by atoms with van der Waals surface area (Å²) < 4.78 is 41.9. The van der Waals surface area contributed by atoms with Crippen LogP contribution in [0.25, 0.3) is 0 Å². The van der Waals surface area contributed by atoms with Crippen molar-refractivity contribution in [2.45, 2.75) is 62.8 Å². The molecule has 12 heteroatoms. The first-order chi connectivity index (χ1) is 14.6. The summed E-state index contributed by atoms with van der Waals surface area (Å²) in [4.78, 5) is 7.94. The second kappa shape index (κ2) is 9.35. The van der Waals surface area contributed by atoms with Gasteiger partial charge in [0.05, 0.1) is 6.61 Å². The Hall–Kier alpha value is -1.82. The average Bonchev–Trinajstić information content (AvgIpc) is 3.12. The SMILES string of the molecule is C=NC(=N/C=C(\C)Cl)[C@@H](OC)[C@H](C)S(=O)(=O)Nc1nnc([C@@H]2CCOC2)n1C1(C)CC1. The molecule has 2 heterocycles. The van der Waals surface area contributed by atoms with E-state index in [9.17, 15) is 8.42 Å². The summed E-state index contributed by atoms with van der Waals surface area (Å²) in [5.41, 5.74) is -0.207. The molecule has 2 fully saturated rings. The monoisotopic (exact) mass is 472 g/mol. The highest BCUT2D eigenvalue weighted by atomic mass is 35.5. The number of halogens is 1. The van der Waals surface area contributed by atoms with Gasteiger partial charge in [-0.25, -0.2) is 18.4 Å². The fourth-order valence-corrected chi connectivity index (χ4v) is 4.73. The van der Waals surface area contributed by atoms with Gasteiger partial charge in [0, 0.05) is 36.4 Å². The van der Waals surface area contributed by atoms with E-state index in [1.807, 2.05) is 4.57 Å². The maximum absolute atomic E-state index is 13.2. The fraction of sp³-hybridized carbons (Fsp3) is 0.684. The number of anilines is 1. The number of sulfonamides is 1. The summed E-state index contributed by atoms with van der Waals surface area (Å²) >= 11 is 5.82. The van der Waals surface area contributed by atoms with Crippen LogP contribution in [0.15, 0.2) is 21.2 Å². The molecule has 0 amide bonds. The number of nitrogens with one attached hydrogen (secondary N) is 1. The van der Waals surface area contributed by atoms with Gasteiger partial charge in [0.15, 0.2) is 5.84 Å². The van der Waals surface area contributed by atoms with E-state index >= 15 is 0 Å². The first-order valence-corrected chi connectivity index (χ1v) is 12.0. The van der Waals surface area contributed by atoms with Gasteiger partial charge in [0.2, 0.25) is 16.0 Å². The molecule has 1 saturated carbocycles. The molecule has 0 unspecified atom stereocenters. The topological polar surface area (TPSA) is 120 Å². The highest BCUT2D eigenvalue weighted by molar-refractivity contribution is 7.93. The molecule has 1 aliphatic heterocycles. The van der Waals surface area contributed by atoms with Crippen LogP contribution in [-0.2, 0) is 25.0 Å². The third kappa shape index (κ3) is 5.16. The Morgan fingerprint density at radius 2 is 2.19 bits per heavy atom. The van der Waals surface area contributed by atoms with E-state index in [4.69, 9.17) is 21.1 Å². The molecule has 1 N–H and O–H groups in total. The third-order valence-electron chi connectivity index (χ3n) is 5.69. The summed E-state index contributed by atoms with van der Waals surface area (Å²) in [6.45, 7) is 9.92. The lowest BCUT2D eigenvalue weighted by Gasteiger charge is -2.24. The van der Waals surface area contributed by atoms with E-state index in [0.29, 0.717) is 18.2 Å². The smallest absolute Gasteiger partial charge is 0.240 e. The molecule has 0 bridgehead atoms. The Morgan fingerprint density at radius 1 is 1.48 bits per heavy atom. The number of hydrogen-bond donors (Lipinski definition) is 1. The van der Waals surface area contributed by atoms with Crippen molar-refractivity contribution in [2.75, 3.05) is 25.0 Å². The van der Waals surface area contributed by atoms with Crippen molar-refractivity contribution in [1.29, 1.82) is 0 Å². The van der Waals surface area contributed by atoms with Crippen LogP contribution in [0.3, 0.4) is 0 Å². The minimum absolute atomic E-state index is 0.0987. The van der Waals surface area contributed by atoms with E-state index in [0.717, 1.165) is 25.1 Å². The van der Waals surface area contributed by atoms with E-state index in [1.54, 1.807) is 6.92 Å². The molecule has 3 rings (SSSR count). The highest BCUT2D eigenvalue weighted by Crippen LogP contribution is 2.47. The lowest BCUT2D eigenvalue weighted by molar-refractivity contribution is 0.154. The molecular weight excluding hydrogens is 444 g/mol. The molecule has 3 atom stereocenters. The maximum Gasteiger partial charge on any atom is 0.240 e. The van der Waals surface area contributed by atoms with E-state index in [-0.39, 0.29) is 23.2 Å². The zero-order valence-electron chi connectivity index (χ0n) is 18.2. The third-order valence-corrected chi connectivity index (χ3v) is 7.48. The normalized spacial score (nSPS) is 23.5. The number of ether oxygens (including phenoxy) is 2. The van der Waals surface area contributed by atoms with Crippen molar-refractivity contribution in [1.82, 2.24) is 14.8 Å². The molecule has 31 heavy (non-hydrogen) atoms. The number of rotatable bonds is 9. The van der Waals surface area contributed by atoms with Crippen molar-refractivity contribution >= 4 is 40.1 Å². The fourth-order valence-electron chi connectivity index (χ4n) is 3.55. The van der Waals surface area contributed by atoms with Crippen molar-refractivity contribution in [3.8, 4) is 0 Å². The Kier molecular flexibility index (Phi) is 7.19. The predicted octanol–water partition coefficient (Wildman–Crippen LogP) is 2.64. The zero-order valence-corrected chi connectivity index (χ0v) is 19.8. The molecule has 1 aromatic rings. The molecular formula is C19H29ClN6O4S. The highest BCUT2D eigenvalue weighted by Gasteiger charge is 2.45. The van der Waals surface area contributed by atoms with Crippen molar-refractivity contribution < 1.29 is 17.9 Å². The Labute approximate surface area is 187 Å². The predicted molar refractivity (Wildman–Crippen MR) is 120 cm³/mol. The Balaban J connectivity index is 1.90. The molecule has 0 aromatic carbocycles. The molecule has 10 nitrogen and oxygen atoms in total. The first kappa shape index (κ1) is 23.8. The molecule has 1 aliphatic carbocycles. The maximum atomic E-state index is 13.2. The molecule has 2 aliphatic rings. The summed E-state index contributed by atoms with van der Waals surface area (Å²) in [5.74, 6) is 1.16. The first-order valence-electron chi connectivity index (χ1n) is 10.1. The molecule has 0 spiro atoms. The largest absolute Gasteiger partial charge is 0.381 e. The summed E-state index contributed by atoms with van der Waals surface area (Å²) in [7, 11) is -2.55. The van der Waals surface area contributed by atoms with Gasteiger partial charge in [-0.3, -0.25) is 9.29 Å². The molecule has 1 aromatic heterocycles. The van der Waals surface area contributed by atoms with E-state index < -0.39 is 21.4 Å². The minimum atomic E-state index is -3.94. The van der Waals surface area contributed by atoms with Gasteiger partial charge in [-0.05, 0) is 46.8 Å². The van der Waals surface area contributed by atoms with Crippen LogP contribution in [0, 0.1) is 0 Å². The summed E-state index contributed by atoms with van der Waals surface area (Å²) in [6.07, 6.45) is 3.10.